The highest BCUT2D eigenvalue weighted by Crippen LogP contribution is 2.28. The van der Waals surface area contributed by atoms with E-state index in [1.165, 1.54) is 32.4 Å². The quantitative estimate of drug-likeness (QED) is 0.840. The van der Waals surface area contributed by atoms with E-state index in [4.69, 9.17) is 0 Å². The third-order valence-electron chi connectivity index (χ3n) is 5.29. The lowest BCUT2D eigenvalue weighted by Gasteiger charge is -2.46. The van der Waals surface area contributed by atoms with Crippen molar-refractivity contribution in [2.24, 2.45) is 11.8 Å². The first kappa shape index (κ1) is 15.0. The lowest BCUT2D eigenvalue weighted by Crippen LogP contribution is -3.20. The van der Waals surface area contributed by atoms with Gasteiger partial charge in [0.25, 0.3) is 0 Å². The minimum Gasteiger partial charge on any atom is -0.331 e. The third-order valence-corrected chi connectivity index (χ3v) is 6.73. The molecular weight excluding hydrogens is 284 g/mol. The van der Waals surface area contributed by atoms with Crippen LogP contribution in [0.2, 0.25) is 0 Å². The zero-order chi connectivity index (χ0) is 14.9. The van der Waals surface area contributed by atoms with E-state index in [-0.39, 0.29) is 0 Å². The predicted molar refractivity (Wildman–Crippen MR) is 82.6 cm³/mol. The maximum Gasteiger partial charge on any atom is 0.240 e. The molecule has 4 atom stereocenters. The van der Waals surface area contributed by atoms with Crippen LogP contribution >= 0.6 is 0 Å². The summed E-state index contributed by atoms with van der Waals surface area (Å²) in [7, 11) is -3.36. The van der Waals surface area contributed by atoms with Crippen molar-refractivity contribution < 1.29 is 13.3 Å². The number of hydrogen-bond donors (Lipinski definition) is 2. The van der Waals surface area contributed by atoms with Crippen LogP contribution in [0.3, 0.4) is 0 Å². The topological polar surface area (TPSA) is 50.6 Å². The summed E-state index contributed by atoms with van der Waals surface area (Å²) in [5, 5.41) is 0. The highest BCUT2D eigenvalue weighted by atomic mass is 32.2. The van der Waals surface area contributed by atoms with Crippen molar-refractivity contribution in [1.82, 2.24) is 4.72 Å². The molecule has 2 bridgehead atoms. The van der Waals surface area contributed by atoms with Gasteiger partial charge >= 0.3 is 0 Å². The molecule has 3 saturated heterocycles. The molecule has 1 aromatic rings. The van der Waals surface area contributed by atoms with E-state index in [1.807, 2.05) is 6.07 Å². The van der Waals surface area contributed by atoms with Crippen LogP contribution < -0.4 is 9.62 Å². The molecule has 0 amide bonds. The normalized spacial score (nSPS) is 32.2. The lowest BCUT2D eigenvalue weighted by atomic mass is 9.74. The van der Waals surface area contributed by atoms with Gasteiger partial charge in [-0.2, -0.15) is 0 Å². The summed E-state index contributed by atoms with van der Waals surface area (Å²) in [6.45, 7) is 5.27. The highest BCUT2D eigenvalue weighted by molar-refractivity contribution is 7.89. The number of quaternary nitrogens is 1. The smallest absolute Gasteiger partial charge is 0.240 e. The maximum atomic E-state index is 12.3. The van der Waals surface area contributed by atoms with Gasteiger partial charge in [-0.15, -0.1) is 0 Å². The molecule has 0 spiro atoms. The van der Waals surface area contributed by atoms with Crippen LogP contribution in [0.5, 0.6) is 0 Å². The Hall–Kier alpha value is -0.910. The van der Waals surface area contributed by atoms with Crippen molar-refractivity contribution in [3.05, 3.63) is 30.3 Å². The van der Waals surface area contributed by atoms with Gasteiger partial charge in [-0.3, -0.25) is 0 Å². The fraction of sp³-hybridized carbons (Fsp3) is 0.625. The number of benzene rings is 1. The molecule has 21 heavy (non-hydrogen) atoms. The van der Waals surface area contributed by atoms with Crippen molar-refractivity contribution in [2.45, 2.75) is 37.1 Å². The average molecular weight is 309 g/mol. The molecule has 1 unspecified atom stereocenters. The third kappa shape index (κ3) is 3.15. The molecule has 3 fully saturated rings. The Kier molecular flexibility index (Phi) is 4.33. The summed E-state index contributed by atoms with van der Waals surface area (Å²) >= 11 is 0. The van der Waals surface area contributed by atoms with Crippen molar-refractivity contribution in [3.8, 4) is 0 Å². The van der Waals surface area contributed by atoms with E-state index in [0.717, 1.165) is 11.8 Å². The van der Waals surface area contributed by atoms with E-state index in [0.29, 0.717) is 17.5 Å². The minimum absolute atomic E-state index is 0.363. The van der Waals surface area contributed by atoms with Crippen LogP contribution in [-0.2, 0) is 10.0 Å². The number of sulfonamides is 1. The van der Waals surface area contributed by atoms with Gasteiger partial charge in [0.05, 0.1) is 24.5 Å². The minimum atomic E-state index is -3.36. The Balaban J connectivity index is 1.62. The van der Waals surface area contributed by atoms with Crippen LogP contribution in [0.15, 0.2) is 35.2 Å². The monoisotopic (exact) mass is 309 g/mol. The fourth-order valence-electron chi connectivity index (χ4n) is 4.02. The van der Waals surface area contributed by atoms with E-state index >= 15 is 0 Å². The molecule has 116 valence electrons. The fourth-order valence-corrected chi connectivity index (χ4v) is 5.13. The molecule has 4 rings (SSSR count). The number of hydrogen-bond acceptors (Lipinski definition) is 2. The van der Waals surface area contributed by atoms with Gasteiger partial charge in [-0.05, 0) is 24.5 Å². The highest BCUT2D eigenvalue weighted by Gasteiger charge is 2.42. The number of nitrogens with one attached hydrogen (secondary N) is 2. The van der Waals surface area contributed by atoms with Crippen LogP contribution in [0.25, 0.3) is 0 Å². The molecule has 0 saturated carbocycles. The Bertz CT molecular complexity index is 573. The first-order valence-electron chi connectivity index (χ1n) is 7.99. The van der Waals surface area contributed by atoms with Crippen molar-refractivity contribution in [3.63, 3.8) is 0 Å². The number of rotatable bonds is 5. The average Bonchev–Trinajstić information content (AvgIpc) is 2.54. The van der Waals surface area contributed by atoms with Crippen LogP contribution in [0, 0.1) is 11.8 Å². The summed E-state index contributed by atoms with van der Waals surface area (Å²) in [5.41, 5.74) is 0. The summed E-state index contributed by atoms with van der Waals surface area (Å²) < 4.78 is 27.4. The SMILES string of the molecule is CC[C@H]1C[NH+]2CC[C@H]1C[C@@H]2CNS(=O)(=O)c1ccccc1. The maximum absolute atomic E-state index is 12.3. The molecule has 1 aromatic carbocycles. The molecule has 3 aliphatic heterocycles. The second-order valence-corrected chi connectivity index (χ2v) is 8.19. The van der Waals surface area contributed by atoms with E-state index in [2.05, 4.69) is 11.6 Å². The molecule has 3 aliphatic rings. The van der Waals surface area contributed by atoms with Crippen molar-refractivity contribution in [1.29, 1.82) is 0 Å². The summed E-state index contributed by atoms with van der Waals surface area (Å²) in [6.07, 6.45) is 3.75. The molecule has 5 heteroatoms. The predicted octanol–water partition coefficient (Wildman–Crippen LogP) is 0.668. The van der Waals surface area contributed by atoms with Gasteiger partial charge < -0.3 is 4.90 Å². The van der Waals surface area contributed by atoms with Gasteiger partial charge in [0.1, 0.15) is 6.04 Å². The van der Waals surface area contributed by atoms with Crippen LogP contribution in [0.1, 0.15) is 26.2 Å². The van der Waals surface area contributed by atoms with E-state index in [9.17, 15) is 8.42 Å². The zero-order valence-corrected chi connectivity index (χ0v) is 13.4. The molecule has 3 heterocycles. The van der Waals surface area contributed by atoms with Gasteiger partial charge in [0.15, 0.2) is 0 Å². The van der Waals surface area contributed by atoms with E-state index in [1.54, 1.807) is 29.2 Å². The Morgan fingerprint density at radius 3 is 2.67 bits per heavy atom. The molecule has 0 aliphatic carbocycles. The standard InChI is InChI=1S/C16H24N2O2S/c1-2-13-12-18-9-8-14(13)10-15(18)11-17-21(19,20)16-6-4-3-5-7-16/h3-7,13-15,17H,2,8-12H2,1H3/p+1/t13-,14-,15+/m0/s1. The largest absolute Gasteiger partial charge is 0.331 e. The zero-order valence-electron chi connectivity index (χ0n) is 12.6. The number of piperidine rings is 3. The summed E-state index contributed by atoms with van der Waals surface area (Å²) in [4.78, 5) is 1.96. The lowest BCUT2D eigenvalue weighted by molar-refractivity contribution is -0.945. The second kappa shape index (κ2) is 6.07. The number of fused-ring (bicyclic) bond motifs is 3. The van der Waals surface area contributed by atoms with Crippen LogP contribution in [-0.4, -0.2) is 34.1 Å². The summed E-state index contributed by atoms with van der Waals surface area (Å²) in [5.74, 6) is 1.65. The van der Waals surface area contributed by atoms with Gasteiger partial charge in [0, 0.05) is 18.8 Å². The molecule has 0 aromatic heterocycles. The van der Waals surface area contributed by atoms with Crippen LogP contribution in [0.4, 0.5) is 0 Å². The molecular formula is C16H25N2O2S+. The van der Waals surface area contributed by atoms with Gasteiger partial charge in [-0.1, -0.05) is 25.1 Å². The van der Waals surface area contributed by atoms with Crippen molar-refractivity contribution >= 4 is 10.0 Å². The van der Waals surface area contributed by atoms with E-state index < -0.39 is 10.0 Å². The first-order chi connectivity index (χ1) is 10.1. The first-order valence-corrected chi connectivity index (χ1v) is 9.47. The molecule has 2 N–H and O–H groups in total. The second-order valence-electron chi connectivity index (χ2n) is 6.43. The Morgan fingerprint density at radius 1 is 1.29 bits per heavy atom. The molecule has 0 radical (unpaired) electrons. The Morgan fingerprint density at radius 2 is 2.05 bits per heavy atom. The van der Waals surface area contributed by atoms with Gasteiger partial charge in [0.2, 0.25) is 10.0 Å². The van der Waals surface area contributed by atoms with Gasteiger partial charge in [-0.25, -0.2) is 13.1 Å². The molecule has 4 nitrogen and oxygen atoms in total. The van der Waals surface area contributed by atoms with Crippen molar-refractivity contribution in [2.75, 3.05) is 19.6 Å². The summed E-state index contributed by atoms with van der Waals surface area (Å²) in [6, 6.07) is 9.10. The Labute approximate surface area is 127 Å².